The minimum Gasteiger partial charge on any atom is -0.465 e. The highest BCUT2D eigenvalue weighted by Gasteiger charge is 2.20. The average molecular weight is 1420 g/mol. The van der Waals surface area contributed by atoms with Crippen LogP contribution in [0.4, 0.5) is 23.8 Å². The van der Waals surface area contributed by atoms with Gasteiger partial charge in [-0.2, -0.15) is 34.9 Å². The summed E-state index contributed by atoms with van der Waals surface area (Å²) in [5.74, 6) is -2.74. The highest BCUT2D eigenvalue weighted by atomic mass is 35.5. The van der Waals surface area contributed by atoms with Gasteiger partial charge in [0.15, 0.2) is 38.0 Å². The SMILES string of the molecule is C.CC(=O)OCC(CCn1cnc2c(Cl)nc(N)nc21)COC(C)=O.CC(=O)OCC(CCn1cnc2cnc(N)nc21)COC(C)=O.CC(=O)OCC(CCn1cnc2nc(N)nc(Cl)c21)COC(C)=O.CCCC(COC(C)=O)COC(C)=O.Nc1nc(Cl)c2[nH]cnc2n1.[HH]. The number of nitrogens with zero attached hydrogens (tertiary/aromatic N) is 15. The molecule has 0 saturated carbocycles. The summed E-state index contributed by atoms with van der Waals surface area (Å²) in [7, 11) is 0. The zero-order chi connectivity index (χ0) is 71.0. The molecule has 0 spiro atoms. The molecule has 0 fully saturated rings. The van der Waals surface area contributed by atoms with Gasteiger partial charge in [0.25, 0.3) is 0 Å². The first-order valence-corrected chi connectivity index (χ1v) is 30.5. The number of halogens is 3. The number of carbonyl (C=O) groups is 8. The van der Waals surface area contributed by atoms with Gasteiger partial charge >= 0.3 is 47.8 Å². The van der Waals surface area contributed by atoms with Crippen molar-refractivity contribution in [1.29, 1.82) is 0 Å². The standard InChI is InChI=1S/2C14H18ClN5O4.C14H19N5O4.C10H18O4.C5H4ClN5.CH4.H2/c1-8(21)23-5-10(6-24-9(2)22)3-4-20-7-17-13-11(20)12(15)18-14(16)19-13;1-8(21)23-5-10(6-24-9(2)22)3-4-20-7-17-11-12(15)18-14(16)19-13(11)20;1-9(20)22-6-11(7-23-10(2)21)3-4-19-8-17-12-5-16-14(15)18-13(12)19;1-4-5-10(6-13-8(2)11)7-14-9(3)12;6-3-2-4(9-1-8-2)11-5(7)10-3;;/h2*7,10H,3-6H2,1-2H3,(H2,16,18,19);5,8,11H,3-4,6-7H2,1-2H3,(H2,15,16,18);10H,4-7H2,1-3H3;1H,(H3,7,8,9,10,11);1H4;1H. The lowest BCUT2D eigenvalue weighted by atomic mass is 10.1. The number of nitrogens with two attached hydrogens (primary N) is 4. The molecule has 97 heavy (non-hydrogen) atoms. The number of aromatic amines is 1. The van der Waals surface area contributed by atoms with E-state index in [1.165, 1.54) is 61.7 Å². The van der Waals surface area contributed by atoms with E-state index in [0.29, 0.717) is 102 Å². The van der Waals surface area contributed by atoms with Gasteiger partial charge in [-0.25, -0.2) is 24.9 Å². The van der Waals surface area contributed by atoms with Crippen LogP contribution in [0.3, 0.4) is 0 Å². The van der Waals surface area contributed by atoms with E-state index in [2.05, 4.69) is 64.8 Å². The summed E-state index contributed by atoms with van der Waals surface area (Å²) in [6.07, 6.45) is 11.5. The third kappa shape index (κ3) is 30.1. The Hall–Kier alpha value is -9.97. The summed E-state index contributed by atoms with van der Waals surface area (Å²) in [4.78, 5) is 138. The fourth-order valence-corrected chi connectivity index (χ4v) is 8.90. The molecular weight excluding hydrogens is 1340 g/mol. The number of imidazole rings is 4. The van der Waals surface area contributed by atoms with E-state index in [0.717, 1.165) is 12.8 Å². The van der Waals surface area contributed by atoms with Crippen molar-refractivity contribution >= 4 is 151 Å². The third-order valence-corrected chi connectivity index (χ3v) is 13.5. The fraction of sp³-hybridized carbons (Fsp3) is 0.517. The molecule has 0 radical (unpaired) electrons. The van der Waals surface area contributed by atoms with Gasteiger partial charge in [0.2, 0.25) is 23.8 Å². The van der Waals surface area contributed by atoms with E-state index in [9.17, 15) is 38.4 Å². The van der Waals surface area contributed by atoms with Gasteiger partial charge in [-0.15, -0.1) is 0 Å². The Morgan fingerprint density at radius 1 is 0.433 bits per heavy atom. The number of ether oxygens (including phenoxy) is 8. The molecule has 0 aromatic carbocycles. The van der Waals surface area contributed by atoms with E-state index < -0.39 is 0 Å². The van der Waals surface area contributed by atoms with Crippen LogP contribution in [0, 0.1) is 23.7 Å². The smallest absolute Gasteiger partial charge is 0.302 e. The number of nitrogens with one attached hydrogen (secondary N) is 1. The zero-order valence-corrected chi connectivity index (χ0v) is 56.5. The molecule has 39 heteroatoms. The Morgan fingerprint density at radius 3 is 1.24 bits per heavy atom. The summed E-state index contributed by atoms with van der Waals surface area (Å²) in [5.41, 5.74) is 26.4. The number of aryl methyl sites for hydroxylation is 3. The molecule has 8 heterocycles. The molecule has 0 unspecified atom stereocenters. The van der Waals surface area contributed by atoms with Crippen molar-refractivity contribution in [3.63, 3.8) is 0 Å². The highest BCUT2D eigenvalue weighted by Crippen LogP contribution is 2.24. The molecule has 0 saturated heterocycles. The summed E-state index contributed by atoms with van der Waals surface area (Å²) < 4.78 is 45.2. The molecule has 8 aromatic heterocycles. The molecule has 9 N–H and O–H groups in total. The van der Waals surface area contributed by atoms with Crippen LogP contribution in [0.1, 0.15) is 103 Å². The van der Waals surface area contributed by atoms with Gasteiger partial charge in [-0.05, 0) is 25.7 Å². The van der Waals surface area contributed by atoms with Crippen molar-refractivity contribution in [2.75, 3.05) is 75.8 Å². The molecule has 36 nitrogen and oxygen atoms in total. The second-order valence-electron chi connectivity index (χ2n) is 20.9. The molecule has 8 rings (SSSR count). The van der Waals surface area contributed by atoms with E-state index in [-0.39, 0.29) is 154 Å². The van der Waals surface area contributed by atoms with E-state index >= 15 is 0 Å². The van der Waals surface area contributed by atoms with Crippen LogP contribution in [-0.4, -0.2) is 179 Å². The first kappa shape index (κ1) is 81.3. The number of carbonyl (C=O) groups excluding carboxylic acids is 8. The van der Waals surface area contributed by atoms with Gasteiger partial charge in [-0.1, -0.05) is 55.6 Å². The lowest BCUT2D eigenvalue weighted by molar-refractivity contribution is -0.148. The second-order valence-corrected chi connectivity index (χ2v) is 21.9. The lowest BCUT2D eigenvalue weighted by Crippen LogP contribution is -2.21. The van der Waals surface area contributed by atoms with E-state index in [1.807, 2.05) is 11.5 Å². The quantitative estimate of drug-likeness (QED) is 0.0226. The lowest BCUT2D eigenvalue weighted by Gasteiger charge is -2.16. The van der Waals surface area contributed by atoms with Gasteiger partial charge in [0.05, 0.1) is 84.4 Å². The predicted octanol–water partition coefficient (Wildman–Crippen LogP) is 5.93. The predicted molar refractivity (Wildman–Crippen MR) is 355 cm³/mol. The minimum absolute atomic E-state index is 0. The number of fused-ring (bicyclic) bond motifs is 4. The van der Waals surface area contributed by atoms with Crippen LogP contribution < -0.4 is 22.9 Å². The Bertz CT molecular complexity index is 3820. The number of anilines is 4. The van der Waals surface area contributed by atoms with Crippen LogP contribution in [-0.2, 0) is 95.9 Å². The maximum absolute atomic E-state index is 11.0. The summed E-state index contributed by atoms with van der Waals surface area (Å²) in [6.45, 7) is 16.0. The van der Waals surface area contributed by atoms with Crippen molar-refractivity contribution in [2.24, 2.45) is 23.7 Å². The molecule has 0 aliphatic carbocycles. The normalized spacial score (nSPS) is 10.7. The number of hydrogen-bond donors (Lipinski definition) is 5. The maximum Gasteiger partial charge on any atom is 0.302 e. The topological polar surface area (TPSA) is 500 Å². The van der Waals surface area contributed by atoms with Gasteiger partial charge in [-0.3, -0.25) is 38.4 Å². The molecular formula is C58H83Cl3N20O16. The molecule has 0 atom stereocenters. The van der Waals surface area contributed by atoms with Gasteiger partial charge in [0.1, 0.15) is 22.1 Å². The second kappa shape index (κ2) is 41.8. The summed E-state index contributed by atoms with van der Waals surface area (Å²) >= 11 is 17.8. The first-order valence-electron chi connectivity index (χ1n) is 29.4. The van der Waals surface area contributed by atoms with Crippen molar-refractivity contribution in [3.8, 4) is 0 Å². The molecule has 0 amide bonds. The maximum atomic E-state index is 11.0. The van der Waals surface area contributed by atoms with Crippen molar-refractivity contribution in [1.82, 2.24) is 78.5 Å². The number of nitrogen functional groups attached to an aromatic ring is 4. The minimum atomic E-state index is -0.386. The van der Waals surface area contributed by atoms with Crippen LogP contribution in [0.5, 0.6) is 0 Å². The Labute approximate surface area is 572 Å². The number of aromatic nitrogens is 16. The number of esters is 8. The average Bonchev–Trinajstić information content (AvgIpc) is 1.67. The summed E-state index contributed by atoms with van der Waals surface area (Å²) in [6, 6.07) is 0. The number of rotatable bonds is 27. The van der Waals surface area contributed by atoms with Gasteiger partial charge in [0, 0.05) is 100 Å². The fourth-order valence-electron chi connectivity index (χ4n) is 8.17. The molecule has 0 aliphatic heterocycles. The van der Waals surface area contributed by atoms with Crippen molar-refractivity contribution in [2.45, 2.75) is 121 Å². The third-order valence-electron chi connectivity index (χ3n) is 12.7. The van der Waals surface area contributed by atoms with Crippen LogP contribution in [0.25, 0.3) is 44.7 Å². The summed E-state index contributed by atoms with van der Waals surface area (Å²) in [5, 5.41) is 0.698. The molecule has 0 bridgehead atoms. The van der Waals surface area contributed by atoms with Crippen molar-refractivity contribution < 1.29 is 77.7 Å². The molecule has 8 aromatic rings. The molecule has 532 valence electrons. The van der Waals surface area contributed by atoms with Crippen molar-refractivity contribution in [3.05, 3.63) is 47.0 Å². The highest BCUT2D eigenvalue weighted by molar-refractivity contribution is 6.34. The monoisotopic (exact) mass is 1420 g/mol. The molecule has 0 aliphatic rings. The number of H-pyrrole nitrogens is 1. The van der Waals surface area contributed by atoms with Gasteiger partial charge < -0.3 is 79.5 Å². The van der Waals surface area contributed by atoms with Crippen LogP contribution in [0.15, 0.2) is 31.5 Å². The largest absolute Gasteiger partial charge is 0.465 e. The Balaban J connectivity index is 0.000000425. The van der Waals surface area contributed by atoms with Crippen LogP contribution >= 0.6 is 34.8 Å². The number of hydrogen-bond acceptors (Lipinski definition) is 32. The Kier molecular flexibility index (Phi) is 35.0. The van der Waals surface area contributed by atoms with E-state index in [1.54, 1.807) is 34.3 Å². The Morgan fingerprint density at radius 2 is 0.794 bits per heavy atom. The van der Waals surface area contributed by atoms with E-state index in [4.69, 9.17) is 95.6 Å². The zero-order valence-electron chi connectivity index (χ0n) is 54.2. The first-order chi connectivity index (χ1) is 45.5. The van der Waals surface area contributed by atoms with Crippen LogP contribution in [0.2, 0.25) is 15.5 Å².